The average molecular weight is 288 g/mol. The van der Waals surface area contributed by atoms with Gasteiger partial charge in [0.05, 0.1) is 17.8 Å². The van der Waals surface area contributed by atoms with Crippen LogP contribution in [-0.2, 0) is 16.9 Å². The van der Waals surface area contributed by atoms with Gasteiger partial charge in [0.2, 0.25) is 0 Å². The first-order chi connectivity index (χ1) is 10.1. The SMILES string of the molecule is CC(C)(C)n1c(COC2CCNCC2)nc2cnccc21. The summed E-state index contributed by atoms with van der Waals surface area (Å²) in [4.78, 5) is 8.90. The van der Waals surface area contributed by atoms with Gasteiger partial charge in [0.15, 0.2) is 0 Å². The molecule has 1 N–H and O–H groups in total. The predicted octanol–water partition coefficient (Wildman–Crippen LogP) is 2.45. The van der Waals surface area contributed by atoms with Crippen LogP contribution in [0.4, 0.5) is 0 Å². The van der Waals surface area contributed by atoms with Crippen molar-refractivity contribution in [2.75, 3.05) is 13.1 Å². The van der Waals surface area contributed by atoms with Crippen LogP contribution in [0.15, 0.2) is 18.5 Å². The zero-order valence-electron chi connectivity index (χ0n) is 13.1. The number of nitrogens with one attached hydrogen (secondary N) is 1. The highest BCUT2D eigenvalue weighted by atomic mass is 16.5. The Labute approximate surface area is 125 Å². The van der Waals surface area contributed by atoms with Crippen molar-refractivity contribution in [1.29, 1.82) is 0 Å². The van der Waals surface area contributed by atoms with E-state index in [0.29, 0.717) is 12.7 Å². The summed E-state index contributed by atoms with van der Waals surface area (Å²) in [5.41, 5.74) is 2.04. The molecule has 2 aromatic rings. The summed E-state index contributed by atoms with van der Waals surface area (Å²) in [5, 5.41) is 3.36. The van der Waals surface area contributed by atoms with Crippen molar-refractivity contribution in [2.45, 2.75) is 51.9 Å². The quantitative estimate of drug-likeness (QED) is 0.942. The third-order valence-corrected chi connectivity index (χ3v) is 3.93. The molecule has 0 aromatic carbocycles. The van der Waals surface area contributed by atoms with E-state index in [1.807, 2.05) is 18.5 Å². The number of imidazole rings is 1. The number of rotatable bonds is 3. The number of nitrogens with zero attached hydrogens (tertiary/aromatic N) is 3. The first-order valence-electron chi connectivity index (χ1n) is 7.70. The van der Waals surface area contributed by atoms with E-state index in [1.54, 1.807) is 0 Å². The van der Waals surface area contributed by atoms with E-state index >= 15 is 0 Å². The highest BCUT2D eigenvalue weighted by Gasteiger charge is 2.22. The van der Waals surface area contributed by atoms with Gasteiger partial charge in [-0.25, -0.2) is 4.98 Å². The molecule has 1 fully saturated rings. The van der Waals surface area contributed by atoms with Crippen molar-refractivity contribution in [3.63, 3.8) is 0 Å². The van der Waals surface area contributed by atoms with Crippen LogP contribution in [-0.4, -0.2) is 33.7 Å². The molecule has 5 nitrogen and oxygen atoms in total. The monoisotopic (exact) mass is 288 g/mol. The smallest absolute Gasteiger partial charge is 0.136 e. The summed E-state index contributed by atoms with van der Waals surface area (Å²) in [6.07, 6.45) is 6.15. The van der Waals surface area contributed by atoms with Crippen molar-refractivity contribution in [2.24, 2.45) is 0 Å². The Morgan fingerprint density at radius 1 is 1.33 bits per heavy atom. The van der Waals surface area contributed by atoms with Gasteiger partial charge in [-0.3, -0.25) is 4.98 Å². The number of hydrogen-bond donors (Lipinski definition) is 1. The molecule has 0 radical (unpaired) electrons. The Kier molecular flexibility index (Phi) is 3.95. The second kappa shape index (κ2) is 5.73. The van der Waals surface area contributed by atoms with Crippen LogP contribution in [0, 0.1) is 0 Å². The maximum atomic E-state index is 6.09. The summed E-state index contributed by atoms with van der Waals surface area (Å²) in [6, 6.07) is 2.03. The largest absolute Gasteiger partial charge is 0.370 e. The van der Waals surface area contributed by atoms with Gasteiger partial charge in [-0.2, -0.15) is 0 Å². The van der Waals surface area contributed by atoms with E-state index in [9.17, 15) is 0 Å². The van der Waals surface area contributed by atoms with Gasteiger partial charge < -0.3 is 14.6 Å². The molecule has 1 aliphatic heterocycles. The lowest BCUT2D eigenvalue weighted by atomic mass is 10.1. The lowest BCUT2D eigenvalue weighted by molar-refractivity contribution is 0.0153. The highest BCUT2D eigenvalue weighted by Crippen LogP contribution is 2.25. The van der Waals surface area contributed by atoms with Crippen molar-refractivity contribution in [3.8, 4) is 0 Å². The Morgan fingerprint density at radius 2 is 2.10 bits per heavy atom. The van der Waals surface area contributed by atoms with Crippen molar-refractivity contribution < 1.29 is 4.74 Å². The molecule has 0 saturated carbocycles. The minimum absolute atomic E-state index is 0.0249. The van der Waals surface area contributed by atoms with Crippen molar-refractivity contribution in [3.05, 3.63) is 24.3 Å². The Hall–Kier alpha value is -1.46. The summed E-state index contributed by atoms with van der Waals surface area (Å²) < 4.78 is 8.36. The number of fused-ring (bicyclic) bond motifs is 1. The van der Waals surface area contributed by atoms with Gasteiger partial charge in [-0.15, -0.1) is 0 Å². The van der Waals surface area contributed by atoms with Gasteiger partial charge >= 0.3 is 0 Å². The number of ether oxygens (including phenoxy) is 1. The fourth-order valence-electron chi connectivity index (χ4n) is 2.98. The molecule has 114 valence electrons. The van der Waals surface area contributed by atoms with Crippen LogP contribution in [0.3, 0.4) is 0 Å². The minimum atomic E-state index is -0.0249. The van der Waals surface area contributed by atoms with Gasteiger partial charge in [0, 0.05) is 11.7 Å². The first kappa shape index (κ1) is 14.5. The molecular formula is C16H24N4O. The summed E-state index contributed by atoms with van der Waals surface area (Å²) in [7, 11) is 0. The van der Waals surface area contributed by atoms with E-state index in [-0.39, 0.29) is 5.54 Å². The first-order valence-corrected chi connectivity index (χ1v) is 7.70. The van der Waals surface area contributed by atoms with Crippen LogP contribution in [0.1, 0.15) is 39.4 Å². The molecule has 0 atom stereocenters. The summed E-state index contributed by atoms with van der Waals surface area (Å²) in [6.45, 7) is 9.25. The molecule has 3 heterocycles. The van der Waals surface area contributed by atoms with Crippen LogP contribution in [0.5, 0.6) is 0 Å². The Morgan fingerprint density at radius 3 is 2.81 bits per heavy atom. The average Bonchev–Trinajstić information content (AvgIpc) is 2.84. The molecule has 3 rings (SSSR count). The second-order valence-electron chi connectivity index (χ2n) is 6.66. The molecule has 0 unspecified atom stereocenters. The topological polar surface area (TPSA) is 52.0 Å². The zero-order valence-corrected chi connectivity index (χ0v) is 13.1. The molecule has 1 saturated heterocycles. The van der Waals surface area contributed by atoms with E-state index in [0.717, 1.165) is 42.8 Å². The van der Waals surface area contributed by atoms with E-state index < -0.39 is 0 Å². The molecular weight excluding hydrogens is 264 g/mol. The fourth-order valence-corrected chi connectivity index (χ4v) is 2.98. The molecule has 0 aliphatic carbocycles. The van der Waals surface area contributed by atoms with Crippen LogP contribution < -0.4 is 5.32 Å². The molecule has 2 aromatic heterocycles. The van der Waals surface area contributed by atoms with Gasteiger partial charge in [0.1, 0.15) is 17.9 Å². The molecule has 5 heteroatoms. The maximum absolute atomic E-state index is 6.09. The minimum Gasteiger partial charge on any atom is -0.370 e. The third-order valence-electron chi connectivity index (χ3n) is 3.93. The van der Waals surface area contributed by atoms with Crippen molar-refractivity contribution >= 4 is 11.0 Å². The number of pyridine rings is 1. The van der Waals surface area contributed by atoms with Crippen molar-refractivity contribution in [1.82, 2.24) is 19.9 Å². The fraction of sp³-hybridized carbons (Fsp3) is 0.625. The van der Waals surface area contributed by atoms with E-state index in [2.05, 4.69) is 35.6 Å². The predicted molar refractivity (Wildman–Crippen MR) is 83.2 cm³/mol. The highest BCUT2D eigenvalue weighted by molar-refractivity contribution is 5.75. The second-order valence-corrected chi connectivity index (χ2v) is 6.66. The molecule has 21 heavy (non-hydrogen) atoms. The third kappa shape index (κ3) is 3.09. The van der Waals surface area contributed by atoms with Gasteiger partial charge in [-0.05, 0) is 52.8 Å². The molecule has 0 bridgehead atoms. The Balaban J connectivity index is 1.86. The lowest BCUT2D eigenvalue weighted by Gasteiger charge is -2.26. The van der Waals surface area contributed by atoms with Crippen LogP contribution >= 0.6 is 0 Å². The van der Waals surface area contributed by atoms with Crippen LogP contribution in [0.2, 0.25) is 0 Å². The van der Waals surface area contributed by atoms with E-state index in [1.165, 1.54) is 0 Å². The van der Waals surface area contributed by atoms with Crippen LogP contribution in [0.25, 0.3) is 11.0 Å². The zero-order chi connectivity index (χ0) is 14.9. The number of aromatic nitrogens is 3. The standard InChI is InChI=1S/C16H24N4O/c1-16(2,3)20-14-6-9-18-10-13(14)19-15(20)11-21-12-4-7-17-8-5-12/h6,9-10,12,17H,4-5,7-8,11H2,1-3H3. The summed E-state index contributed by atoms with van der Waals surface area (Å²) in [5.74, 6) is 0.990. The van der Waals surface area contributed by atoms with Gasteiger partial charge in [-0.1, -0.05) is 0 Å². The number of piperidine rings is 1. The molecule has 0 amide bonds. The van der Waals surface area contributed by atoms with Gasteiger partial charge in [0.25, 0.3) is 0 Å². The normalized spacial score (nSPS) is 17.5. The Bertz CT molecular complexity index is 608. The lowest BCUT2D eigenvalue weighted by Crippen LogP contribution is -2.33. The maximum Gasteiger partial charge on any atom is 0.136 e. The molecule has 1 aliphatic rings. The molecule has 0 spiro atoms. The number of hydrogen-bond acceptors (Lipinski definition) is 4. The summed E-state index contributed by atoms with van der Waals surface area (Å²) >= 11 is 0. The van der Waals surface area contributed by atoms with E-state index in [4.69, 9.17) is 9.72 Å².